The number of pyridine rings is 2. The molecule has 0 radical (unpaired) electrons. The predicted octanol–water partition coefficient (Wildman–Crippen LogP) is 4.06. The van der Waals surface area contributed by atoms with Gasteiger partial charge in [-0.15, -0.1) is 13.2 Å². The van der Waals surface area contributed by atoms with Crippen molar-refractivity contribution >= 4 is 16.8 Å². The summed E-state index contributed by atoms with van der Waals surface area (Å²) >= 11 is 0. The molecule has 9 heteroatoms. The number of aromatic amines is 1. The van der Waals surface area contributed by atoms with Gasteiger partial charge in [-0.25, -0.2) is 0 Å². The summed E-state index contributed by atoms with van der Waals surface area (Å²) in [7, 11) is 0. The number of hydrogen-bond acceptors (Lipinski definition) is 4. The maximum absolute atomic E-state index is 12.8. The summed E-state index contributed by atoms with van der Waals surface area (Å²) in [6, 6.07) is 7.43. The van der Waals surface area contributed by atoms with Crippen molar-refractivity contribution < 1.29 is 22.7 Å². The van der Waals surface area contributed by atoms with E-state index in [4.69, 9.17) is 0 Å². The quantitative estimate of drug-likeness (QED) is 0.638. The van der Waals surface area contributed by atoms with Crippen LogP contribution in [-0.4, -0.2) is 28.8 Å². The Labute approximate surface area is 175 Å². The number of ether oxygens (including phenoxy) is 1. The molecule has 6 nitrogen and oxygen atoms in total. The SMILES string of the molecule is O=C(NCC1(c2ccc(OC(F)(F)F)cc2)CCCC1)c1c[nH]c2ccncc2c1=O. The van der Waals surface area contributed by atoms with Crippen LogP contribution in [0.3, 0.4) is 0 Å². The van der Waals surface area contributed by atoms with Gasteiger partial charge >= 0.3 is 6.36 Å². The second kappa shape index (κ2) is 8.05. The minimum absolute atomic E-state index is 0.0115. The Kier molecular flexibility index (Phi) is 5.43. The molecule has 1 aliphatic rings. The molecule has 1 saturated carbocycles. The van der Waals surface area contributed by atoms with E-state index < -0.39 is 23.1 Å². The number of benzene rings is 1. The summed E-state index contributed by atoms with van der Waals surface area (Å²) in [4.78, 5) is 32.3. The average Bonchev–Trinajstić information content (AvgIpc) is 3.22. The minimum atomic E-state index is -4.75. The number of rotatable bonds is 5. The highest BCUT2D eigenvalue weighted by atomic mass is 19.4. The van der Waals surface area contributed by atoms with Gasteiger partial charge in [0.15, 0.2) is 0 Å². The van der Waals surface area contributed by atoms with E-state index in [1.807, 2.05) is 0 Å². The summed E-state index contributed by atoms with van der Waals surface area (Å²) in [5.74, 6) is -0.792. The first-order chi connectivity index (χ1) is 14.8. The summed E-state index contributed by atoms with van der Waals surface area (Å²) < 4.78 is 41.2. The van der Waals surface area contributed by atoms with E-state index in [0.717, 1.165) is 31.2 Å². The highest BCUT2D eigenvalue weighted by molar-refractivity contribution is 5.97. The molecular formula is C22H20F3N3O3. The van der Waals surface area contributed by atoms with Crippen LogP contribution in [0.5, 0.6) is 5.75 Å². The number of carbonyl (C=O) groups excluding carboxylic acids is 1. The molecule has 1 fully saturated rings. The number of amides is 1. The fourth-order valence-corrected chi connectivity index (χ4v) is 4.20. The van der Waals surface area contributed by atoms with E-state index in [1.165, 1.54) is 24.5 Å². The molecule has 162 valence electrons. The van der Waals surface area contributed by atoms with E-state index in [1.54, 1.807) is 24.4 Å². The molecule has 1 aromatic carbocycles. The Morgan fingerprint density at radius 1 is 1.16 bits per heavy atom. The zero-order valence-electron chi connectivity index (χ0n) is 16.5. The van der Waals surface area contributed by atoms with E-state index in [-0.39, 0.29) is 17.9 Å². The van der Waals surface area contributed by atoms with Crippen LogP contribution >= 0.6 is 0 Å². The van der Waals surface area contributed by atoms with Crippen molar-refractivity contribution in [3.8, 4) is 5.75 Å². The highest BCUT2D eigenvalue weighted by Gasteiger charge is 2.37. The van der Waals surface area contributed by atoms with Gasteiger partial charge in [-0.1, -0.05) is 25.0 Å². The van der Waals surface area contributed by atoms with Crippen molar-refractivity contribution in [2.45, 2.75) is 37.5 Å². The second-order valence-corrected chi connectivity index (χ2v) is 7.70. The Hall–Kier alpha value is -3.36. The fraction of sp³-hybridized carbons (Fsp3) is 0.318. The van der Waals surface area contributed by atoms with E-state index in [2.05, 4.69) is 20.0 Å². The minimum Gasteiger partial charge on any atom is -0.406 e. The normalized spacial score (nSPS) is 15.7. The number of H-pyrrole nitrogens is 1. The third kappa shape index (κ3) is 4.40. The topological polar surface area (TPSA) is 84.1 Å². The van der Waals surface area contributed by atoms with Crippen LogP contribution in [0, 0.1) is 0 Å². The third-order valence-corrected chi connectivity index (χ3v) is 5.78. The van der Waals surface area contributed by atoms with E-state index >= 15 is 0 Å². The van der Waals surface area contributed by atoms with Crippen molar-refractivity contribution in [1.82, 2.24) is 15.3 Å². The summed E-state index contributed by atoms with van der Waals surface area (Å²) in [5.41, 5.74) is 0.592. The first-order valence-electron chi connectivity index (χ1n) is 9.87. The van der Waals surface area contributed by atoms with Gasteiger partial charge in [-0.3, -0.25) is 14.6 Å². The van der Waals surface area contributed by atoms with Gasteiger partial charge in [0.05, 0.1) is 10.9 Å². The Morgan fingerprint density at radius 2 is 1.87 bits per heavy atom. The highest BCUT2D eigenvalue weighted by Crippen LogP contribution is 2.41. The van der Waals surface area contributed by atoms with Crippen molar-refractivity contribution in [3.05, 3.63) is 70.3 Å². The first kappa shape index (κ1) is 20.9. The van der Waals surface area contributed by atoms with Crippen LogP contribution in [0.15, 0.2) is 53.7 Å². The summed E-state index contributed by atoms with van der Waals surface area (Å²) in [6.07, 6.45) is 3.04. The maximum Gasteiger partial charge on any atom is 0.573 e. The molecular weight excluding hydrogens is 411 g/mol. The molecule has 1 aliphatic carbocycles. The van der Waals surface area contributed by atoms with Crippen LogP contribution < -0.4 is 15.5 Å². The monoisotopic (exact) mass is 431 g/mol. The van der Waals surface area contributed by atoms with E-state index in [0.29, 0.717) is 10.9 Å². The molecule has 0 aliphatic heterocycles. The predicted molar refractivity (Wildman–Crippen MR) is 108 cm³/mol. The molecule has 3 aromatic rings. The second-order valence-electron chi connectivity index (χ2n) is 7.70. The van der Waals surface area contributed by atoms with Gasteiger partial charge in [0.25, 0.3) is 5.91 Å². The maximum atomic E-state index is 12.8. The largest absolute Gasteiger partial charge is 0.573 e. The Bertz CT molecular complexity index is 1150. The molecule has 0 bridgehead atoms. The molecule has 2 aromatic heterocycles. The van der Waals surface area contributed by atoms with Crippen LogP contribution in [0.25, 0.3) is 10.9 Å². The molecule has 0 saturated heterocycles. The standard InChI is InChI=1S/C22H20F3N3O3/c23-22(24,25)31-15-5-3-14(4-6-15)21(8-1-2-9-21)13-28-20(30)17-12-27-18-7-10-26-11-16(18)19(17)29/h3-7,10-12H,1-2,8-9,13H2,(H,27,29)(H,28,30). The number of carbonyl (C=O) groups is 1. The van der Waals surface area contributed by atoms with Gasteiger partial charge in [0.1, 0.15) is 11.3 Å². The molecule has 0 unspecified atom stereocenters. The lowest BCUT2D eigenvalue weighted by Crippen LogP contribution is -2.40. The van der Waals surface area contributed by atoms with Gasteiger partial charge < -0.3 is 15.0 Å². The van der Waals surface area contributed by atoms with Crippen molar-refractivity contribution in [2.75, 3.05) is 6.54 Å². The van der Waals surface area contributed by atoms with Crippen LogP contribution in [-0.2, 0) is 5.41 Å². The number of nitrogens with zero attached hydrogens (tertiary/aromatic N) is 1. The molecule has 0 atom stereocenters. The smallest absolute Gasteiger partial charge is 0.406 e. The van der Waals surface area contributed by atoms with Crippen LogP contribution in [0.2, 0.25) is 0 Å². The Balaban J connectivity index is 1.53. The number of halogens is 3. The molecule has 2 heterocycles. The zero-order valence-corrected chi connectivity index (χ0v) is 16.5. The average molecular weight is 431 g/mol. The first-order valence-corrected chi connectivity index (χ1v) is 9.87. The number of fused-ring (bicyclic) bond motifs is 1. The lowest BCUT2D eigenvalue weighted by Gasteiger charge is -2.30. The Morgan fingerprint density at radius 3 is 2.55 bits per heavy atom. The molecule has 2 N–H and O–H groups in total. The third-order valence-electron chi connectivity index (χ3n) is 5.78. The van der Waals surface area contributed by atoms with Crippen molar-refractivity contribution in [1.29, 1.82) is 0 Å². The fourth-order valence-electron chi connectivity index (χ4n) is 4.20. The van der Waals surface area contributed by atoms with Crippen LogP contribution in [0.4, 0.5) is 13.2 Å². The summed E-state index contributed by atoms with van der Waals surface area (Å²) in [5, 5.41) is 3.17. The summed E-state index contributed by atoms with van der Waals surface area (Å²) in [6.45, 7) is 0.274. The number of nitrogens with one attached hydrogen (secondary N) is 2. The zero-order chi connectivity index (χ0) is 22.1. The molecule has 1 amide bonds. The van der Waals surface area contributed by atoms with E-state index in [9.17, 15) is 22.8 Å². The van der Waals surface area contributed by atoms with Crippen LogP contribution in [0.1, 0.15) is 41.6 Å². The molecule has 31 heavy (non-hydrogen) atoms. The molecule has 4 rings (SSSR count). The van der Waals surface area contributed by atoms with Crippen molar-refractivity contribution in [2.24, 2.45) is 0 Å². The van der Waals surface area contributed by atoms with Gasteiger partial charge in [0.2, 0.25) is 5.43 Å². The lowest BCUT2D eigenvalue weighted by molar-refractivity contribution is -0.274. The van der Waals surface area contributed by atoms with Gasteiger partial charge in [-0.05, 0) is 36.6 Å². The number of alkyl halides is 3. The lowest BCUT2D eigenvalue weighted by atomic mass is 9.78. The number of aromatic nitrogens is 2. The van der Waals surface area contributed by atoms with Crippen molar-refractivity contribution in [3.63, 3.8) is 0 Å². The van der Waals surface area contributed by atoms with Gasteiger partial charge in [-0.2, -0.15) is 0 Å². The van der Waals surface area contributed by atoms with Gasteiger partial charge in [0, 0.05) is 30.6 Å². The number of hydrogen-bond donors (Lipinski definition) is 2. The molecule has 0 spiro atoms.